The van der Waals surface area contributed by atoms with E-state index in [1.165, 1.54) is 11.3 Å². The number of hydrogen-bond donors (Lipinski definition) is 1. The Kier molecular flexibility index (Phi) is 3.84. The molecule has 0 aliphatic carbocycles. The summed E-state index contributed by atoms with van der Waals surface area (Å²) in [6, 6.07) is 0. The minimum Gasteiger partial charge on any atom is -0.306 e. The van der Waals surface area contributed by atoms with Crippen molar-refractivity contribution in [3.05, 3.63) is 15.5 Å². The van der Waals surface area contributed by atoms with Crippen molar-refractivity contribution < 1.29 is 8.78 Å². The van der Waals surface area contributed by atoms with Crippen molar-refractivity contribution >= 4 is 22.9 Å². The maximum Gasteiger partial charge on any atom is 0.250 e. The molecular weight excluding hydrogens is 206 g/mol. The zero-order valence-corrected chi connectivity index (χ0v) is 7.63. The normalized spacial score (nSPS) is 11.0. The highest BCUT2D eigenvalue weighted by Gasteiger charge is 2.02. The Bertz CT molecular complexity index is 241. The van der Waals surface area contributed by atoms with E-state index in [1.807, 2.05) is 0 Å². The Hall–Kier alpha value is -0.260. The number of thiazole rings is 1. The number of halogens is 3. The molecule has 0 spiro atoms. The molecule has 0 aromatic carbocycles. The molecule has 0 saturated carbocycles. The van der Waals surface area contributed by atoms with Gasteiger partial charge in [0.25, 0.3) is 6.43 Å². The molecule has 12 heavy (non-hydrogen) atoms. The fourth-order valence-corrected chi connectivity index (χ4v) is 1.62. The summed E-state index contributed by atoms with van der Waals surface area (Å²) in [5.74, 6) is 0. The van der Waals surface area contributed by atoms with Gasteiger partial charge in [-0.1, -0.05) is 11.6 Å². The highest BCUT2D eigenvalue weighted by Crippen LogP contribution is 2.17. The van der Waals surface area contributed by atoms with Crippen molar-refractivity contribution in [3.8, 4) is 0 Å². The lowest BCUT2D eigenvalue weighted by atomic mass is 10.5. The van der Waals surface area contributed by atoms with Crippen molar-refractivity contribution in [3.63, 3.8) is 0 Å². The van der Waals surface area contributed by atoms with Crippen molar-refractivity contribution in [2.24, 2.45) is 0 Å². The average Bonchev–Trinajstić information content (AvgIpc) is 2.35. The molecule has 0 amide bonds. The van der Waals surface area contributed by atoms with Gasteiger partial charge < -0.3 is 5.32 Å². The van der Waals surface area contributed by atoms with E-state index in [0.29, 0.717) is 11.0 Å². The highest BCUT2D eigenvalue weighted by molar-refractivity contribution is 7.15. The largest absolute Gasteiger partial charge is 0.306 e. The van der Waals surface area contributed by atoms with Crippen LogP contribution in [0.1, 0.15) is 4.88 Å². The van der Waals surface area contributed by atoms with Crippen LogP contribution in [-0.4, -0.2) is 18.0 Å². The van der Waals surface area contributed by atoms with Crippen molar-refractivity contribution in [1.29, 1.82) is 0 Å². The Morgan fingerprint density at radius 2 is 2.42 bits per heavy atom. The predicted molar refractivity (Wildman–Crippen MR) is 44.8 cm³/mol. The Morgan fingerprint density at radius 1 is 1.67 bits per heavy atom. The standard InChI is InChI=1S/C6H7ClF2N2S/c7-6-11-2-4(12-6)1-10-3-5(8)9/h2,5,10H,1,3H2. The van der Waals surface area contributed by atoms with E-state index in [1.54, 1.807) is 6.20 Å². The summed E-state index contributed by atoms with van der Waals surface area (Å²) < 4.78 is 23.7. The number of aromatic nitrogens is 1. The molecule has 1 N–H and O–H groups in total. The van der Waals surface area contributed by atoms with Gasteiger partial charge in [-0.25, -0.2) is 13.8 Å². The van der Waals surface area contributed by atoms with Gasteiger partial charge in [-0.2, -0.15) is 0 Å². The molecule has 68 valence electrons. The molecule has 0 fully saturated rings. The maximum absolute atomic E-state index is 11.6. The van der Waals surface area contributed by atoms with Crippen LogP contribution >= 0.6 is 22.9 Å². The quantitative estimate of drug-likeness (QED) is 0.828. The Labute approximate surface area is 77.6 Å². The van der Waals surface area contributed by atoms with Gasteiger partial charge in [0.05, 0.1) is 6.54 Å². The van der Waals surface area contributed by atoms with E-state index in [2.05, 4.69) is 10.3 Å². The van der Waals surface area contributed by atoms with E-state index in [0.717, 1.165) is 4.88 Å². The third-order valence-corrected chi connectivity index (χ3v) is 2.24. The first-order valence-corrected chi connectivity index (χ1v) is 4.47. The van der Waals surface area contributed by atoms with Gasteiger partial charge in [-0.15, -0.1) is 11.3 Å². The Morgan fingerprint density at radius 3 is 2.92 bits per heavy atom. The molecule has 2 nitrogen and oxygen atoms in total. The molecule has 0 saturated heterocycles. The minimum atomic E-state index is -2.31. The average molecular weight is 213 g/mol. The van der Waals surface area contributed by atoms with E-state index < -0.39 is 6.43 Å². The summed E-state index contributed by atoms with van der Waals surface area (Å²) in [6.45, 7) is 0.101. The van der Waals surface area contributed by atoms with E-state index in [9.17, 15) is 8.78 Å². The van der Waals surface area contributed by atoms with Crippen molar-refractivity contribution in [2.75, 3.05) is 6.54 Å². The topological polar surface area (TPSA) is 24.9 Å². The molecule has 0 aliphatic rings. The minimum absolute atomic E-state index is 0.296. The summed E-state index contributed by atoms with van der Waals surface area (Å²) >= 11 is 6.82. The number of alkyl halides is 2. The van der Waals surface area contributed by atoms with Crippen LogP contribution in [-0.2, 0) is 6.54 Å². The molecule has 0 bridgehead atoms. The van der Waals surface area contributed by atoms with E-state index in [4.69, 9.17) is 11.6 Å². The van der Waals surface area contributed by atoms with Crippen LogP contribution < -0.4 is 5.32 Å². The molecule has 0 aliphatic heterocycles. The van der Waals surface area contributed by atoms with Crippen molar-refractivity contribution in [1.82, 2.24) is 10.3 Å². The lowest BCUT2D eigenvalue weighted by molar-refractivity contribution is 0.145. The SMILES string of the molecule is FC(F)CNCc1cnc(Cl)s1. The summed E-state index contributed by atoms with van der Waals surface area (Å²) in [5.41, 5.74) is 0. The molecule has 1 heterocycles. The van der Waals surface area contributed by atoms with Gasteiger partial charge in [-0.3, -0.25) is 0 Å². The zero-order chi connectivity index (χ0) is 8.97. The van der Waals surface area contributed by atoms with Crippen LogP contribution in [0.3, 0.4) is 0 Å². The predicted octanol–water partition coefficient (Wildman–Crippen LogP) is 2.15. The van der Waals surface area contributed by atoms with Gasteiger partial charge in [0, 0.05) is 17.6 Å². The van der Waals surface area contributed by atoms with Crippen LogP contribution in [0.5, 0.6) is 0 Å². The van der Waals surface area contributed by atoms with Gasteiger partial charge in [0.2, 0.25) is 0 Å². The molecule has 0 unspecified atom stereocenters. The number of nitrogens with zero attached hydrogens (tertiary/aromatic N) is 1. The first-order valence-electron chi connectivity index (χ1n) is 3.27. The molecule has 6 heteroatoms. The molecule has 1 aromatic heterocycles. The lowest BCUT2D eigenvalue weighted by Crippen LogP contribution is -2.19. The zero-order valence-electron chi connectivity index (χ0n) is 6.06. The number of nitrogens with one attached hydrogen (secondary N) is 1. The van der Waals surface area contributed by atoms with Crippen LogP contribution in [0.2, 0.25) is 4.47 Å². The van der Waals surface area contributed by atoms with Crippen LogP contribution in [0, 0.1) is 0 Å². The smallest absolute Gasteiger partial charge is 0.250 e. The Balaban J connectivity index is 2.24. The van der Waals surface area contributed by atoms with Crippen LogP contribution in [0.15, 0.2) is 6.20 Å². The fourth-order valence-electron chi connectivity index (χ4n) is 0.670. The maximum atomic E-state index is 11.6. The second-order valence-electron chi connectivity index (χ2n) is 2.10. The third kappa shape index (κ3) is 3.42. The first-order chi connectivity index (χ1) is 5.68. The highest BCUT2D eigenvalue weighted by atomic mass is 35.5. The molecule has 1 rings (SSSR count). The van der Waals surface area contributed by atoms with Gasteiger partial charge >= 0.3 is 0 Å². The summed E-state index contributed by atoms with van der Waals surface area (Å²) in [6.07, 6.45) is -0.737. The van der Waals surface area contributed by atoms with E-state index in [-0.39, 0.29) is 6.54 Å². The number of rotatable bonds is 4. The van der Waals surface area contributed by atoms with E-state index >= 15 is 0 Å². The first kappa shape index (κ1) is 9.83. The monoisotopic (exact) mass is 212 g/mol. The van der Waals surface area contributed by atoms with Crippen LogP contribution in [0.25, 0.3) is 0 Å². The van der Waals surface area contributed by atoms with Crippen molar-refractivity contribution in [2.45, 2.75) is 13.0 Å². The number of hydrogen-bond acceptors (Lipinski definition) is 3. The second kappa shape index (κ2) is 4.69. The van der Waals surface area contributed by atoms with Gasteiger partial charge in [-0.05, 0) is 0 Å². The molecule has 0 atom stereocenters. The second-order valence-corrected chi connectivity index (χ2v) is 3.80. The third-order valence-electron chi connectivity index (χ3n) is 1.12. The molecule has 1 aromatic rings. The summed E-state index contributed by atoms with van der Waals surface area (Å²) in [5, 5.41) is 2.58. The lowest BCUT2D eigenvalue weighted by Gasteiger charge is -1.99. The molecule has 0 radical (unpaired) electrons. The summed E-state index contributed by atoms with van der Waals surface area (Å²) in [7, 11) is 0. The fraction of sp³-hybridized carbons (Fsp3) is 0.500. The molecular formula is C6H7ClF2N2S. The van der Waals surface area contributed by atoms with Gasteiger partial charge in [0.1, 0.15) is 0 Å². The van der Waals surface area contributed by atoms with Gasteiger partial charge in [0.15, 0.2) is 4.47 Å². The summed E-state index contributed by atoms with van der Waals surface area (Å²) in [4.78, 5) is 4.63. The van der Waals surface area contributed by atoms with Crippen LogP contribution in [0.4, 0.5) is 8.78 Å².